The number of carbonyl (C=O) groups excluding carboxylic acids is 2. The summed E-state index contributed by atoms with van der Waals surface area (Å²) in [4.78, 5) is 23.0. The summed E-state index contributed by atoms with van der Waals surface area (Å²) < 4.78 is 71.9. The fraction of sp³-hybridized carbons (Fsp3) is 0.778. The third kappa shape index (κ3) is 2.72. The van der Waals surface area contributed by atoms with Crippen LogP contribution < -0.4 is 37.7 Å². The van der Waals surface area contributed by atoms with Crippen LogP contribution in [-0.4, -0.2) is 48.4 Å². The second-order valence-corrected chi connectivity index (χ2v) is 8.33. The summed E-state index contributed by atoms with van der Waals surface area (Å²) in [5.74, 6) is -6.50. The molecule has 9 nitrogen and oxygen atoms in total. The summed E-state index contributed by atoms with van der Waals surface area (Å²) >= 11 is 0. The van der Waals surface area contributed by atoms with Gasteiger partial charge in [-0.05, 0) is 18.3 Å². The number of carbonyl (C=O) groups is 2. The minimum Gasteiger partial charge on any atom is -0.748 e. The van der Waals surface area contributed by atoms with Crippen molar-refractivity contribution >= 4 is 32.2 Å². The van der Waals surface area contributed by atoms with Crippen LogP contribution in [-0.2, 0) is 34.6 Å². The minimum atomic E-state index is -5.09. The first-order chi connectivity index (χ1) is 9.03. The topological polar surface area (TPSA) is 158 Å². The van der Waals surface area contributed by atoms with Gasteiger partial charge in [0.05, 0.1) is 42.6 Å². The SMILES string of the molecule is O=C1OC(=O)C2C3CC(C12)C(S(=O)(=O)[O-])C3S(=O)(=O)[O-].[Li+].[Li+]. The van der Waals surface area contributed by atoms with Crippen LogP contribution in [0.1, 0.15) is 6.42 Å². The van der Waals surface area contributed by atoms with Gasteiger partial charge >= 0.3 is 49.7 Å². The zero-order valence-electron chi connectivity index (χ0n) is 11.7. The van der Waals surface area contributed by atoms with Crippen molar-refractivity contribution in [3.8, 4) is 0 Å². The Balaban J connectivity index is 0.00000121. The molecule has 3 rings (SSSR count). The van der Waals surface area contributed by atoms with Gasteiger partial charge in [0.2, 0.25) is 0 Å². The smallest absolute Gasteiger partial charge is 0.748 e. The molecule has 0 spiro atoms. The Morgan fingerprint density at radius 1 is 0.818 bits per heavy atom. The van der Waals surface area contributed by atoms with Crippen LogP contribution in [0.15, 0.2) is 0 Å². The fourth-order valence-corrected chi connectivity index (χ4v) is 7.23. The van der Waals surface area contributed by atoms with Crippen molar-refractivity contribution < 1.29 is 78.0 Å². The maximum atomic E-state index is 11.5. The number of esters is 2. The molecule has 13 heteroatoms. The molecular weight excluding hydrogens is 330 g/mol. The van der Waals surface area contributed by atoms with Crippen LogP contribution in [0.3, 0.4) is 0 Å². The second kappa shape index (κ2) is 5.90. The van der Waals surface area contributed by atoms with Gasteiger partial charge < -0.3 is 13.8 Å². The van der Waals surface area contributed by atoms with Crippen molar-refractivity contribution in [2.75, 3.05) is 0 Å². The van der Waals surface area contributed by atoms with Crippen molar-refractivity contribution in [3.05, 3.63) is 0 Å². The summed E-state index contributed by atoms with van der Waals surface area (Å²) in [6.45, 7) is 0. The standard InChI is InChI=1S/C9H10O9S2.2Li/c10-8-4-2-1-3(5(4)9(11)18-8)7(20(15,16)17)6(2)19(12,13)14;;/h2-7H,1H2,(H,12,13,14)(H,15,16,17);;/q;2*+1/p-2. The third-order valence-corrected chi connectivity index (χ3v) is 7.22. The number of fused-ring (bicyclic) bond motifs is 5. The maximum Gasteiger partial charge on any atom is 1.00 e. The first-order valence-electron chi connectivity index (χ1n) is 5.68. The van der Waals surface area contributed by atoms with Gasteiger partial charge in [-0.15, -0.1) is 0 Å². The molecule has 1 saturated heterocycles. The van der Waals surface area contributed by atoms with Crippen LogP contribution in [0.5, 0.6) is 0 Å². The molecule has 2 bridgehead atoms. The normalized spacial score (nSPS) is 39.7. The number of cyclic esters (lactones) is 2. The Kier molecular flexibility index (Phi) is 5.42. The van der Waals surface area contributed by atoms with E-state index in [1.807, 2.05) is 0 Å². The Bertz CT molecular complexity index is 655. The molecule has 0 radical (unpaired) electrons. The number of ether oxygens (including phenoxy) is 1. The monoisotopic (exact) mass is 338 g/mol. The van der Waals surface area contributed by atoms with Gasteiger partial charge in [-0.2, -0.15) is 0 Å². The first kappa shape index (κ1) is 20.2. The Labute approximate surface area is 150 Å². The van der Waals surface area contributed by atoms with Crippen molar-refractivity contribution in [3.63, 3.8) is 0 Å². The van der Waals surface area contributed by atoms with Crippen molar-refractivity contribution in [2.24, 2.45) is 23.7 Å². The van der Waals surface area contributed by atoms with Gasteiger partial charge in [-0.1, -0.05) is 0 Å². The van der Waals surface area contributed by atoms with Gasteiger partial charge in [-0.3, -0.25) is 9.59 Å². The third-order valence-electron chi connectivity index (χ3n) is 4.43. The molecule has 3 aliphatic rings. The van der Waals surface area contributed by atoms with Crippen LogP contribution in [0.25, 0.3) is 0 Å². The molecule has 0 N–H and O–H groups in total. The minimum absolute atomic E-state index is 0. The maximum absolute atomic E-state index is 11.5. The molecule has 1 heterocycles. The Hall–Kier alpha value is 0.155. The number of hydrogen-bond acceptors (Lipinski definition) is 9. The molecule has 1 aliphatic heterocycles. The molecule has 2 aliphatic carbocycles. The van der Waals surface area contributed by atoms with E-state index >= 15 is 0 Å². The van der Waals surface area contributed by atoms with Crippen molar-refractivity contribution in [1.29, 1.82) is 0 Å². The number of hydrogen-bond donors (Lipinski definition) is 0. The van der Waals surface area contributed by atoms with E-state index in [9.17, 15) is 35.5 Å². The molecule has 22 heavy (non-hydrogen) atoms. The van der Waals surface area contributed by atoms with Gasteiger partial charge in [0.15, 0.2) is 0 Å². The predicted molar refractivity (Wildman–Crippen MR) is 56.6 cm³/mol. The summed E-state index contributed by atoms with van der Waals surface area (Å²) in [6.07, 6.45) is -0.131. The van der Waals surface area contributed by atoms with E-state index < -0.39 is 66.3 Å². The Morgan fingerprint density at radius 3 is 1.41 bits per heavy atom. The average Bonchev–Trinajstić information content (AvgIpc) is 2.86. The van der Waals surface area contributed by atoms with Crippen LogP contribution in [0.2, 0.25) is 0 Å². The van der Waals surface area contributed by atoms with E-state index in [4.69, 9.17) is 0 Å². The van der Waals surface area contributed by atoms with E-state index in [0.29, 0.717) is 0 Å². The fourth-order valence-electron chi connectivity index (χ4n) is 3.94. The molecule has 3 fully saturated rings. The van der Waals surface area contributed by atoms with Crippen LogP contribution >= 0.6 is 0 Å². The average molecular weight is 338 g/mol. The van der Waals surface area contributed by atoms with Crippen LogP contribution in [0, 0.1) is 23.7 Å². The van der Waals surface area contributed by atoms with Gasteiger partial charge in [0.1, 0.15) is 0 Å². The summed E-state index contributed by atoms with van der Waals surface area (Å²) in [5, 5.41) is -3.98. The quantitative estimate of drug-likeness (QED) is 0.206. The summed E-state index contributed by atoms with van der Waals surface area (Å²) in [5.41, 5.74) is 0. The first-order valence-corrected chi connectivity index (χ1v) is 8.62. The molecule has 2 saturated carbocycles. The molecule has 0 amide bonds. The van der Waals surface area contributed by atoms with Crippen LogP contribution in [0.4, 0.5) is 0 Å². The number of rotatable bonds is 2. The molecule has 112 valence electrons. The predicted octanol–water partition coefficient (Wildman–Crippen LogP) is -8.21. The largest absolute Gasteiger partial charge is 1.00 e. The zero-order valence-corrected chi connectivity index (χ0v) is 13.3. The summed E-state index contributed by atoms with van der Waals surface area (Å²) in [7, 11) is -10.2. The zero-order chi connectivity index (χ0) is 15.0. The van der Waals surface area contributed by atoms with Gasteiger partial charge in [0.25, 0.3) is 0 Å². The van der Waals surface area contributed by atoms with Crippen molar-refractivity contribution in [2.45, 2.75) is 16.9 Å². The van der Waals surface area contributed by atoms with Crippen molar-refractivity contribution in [1.82, 2.24) is 0 Å². The molecule has 0 aromatic carbocycles. The van der Waals surface area contributed by atoms with E-state index in [-0.39, 0.29) is 44.1 Å². The second-order valence-electron chi connectivity index (χ2n) is 5.27. The van der Waals surface area contributed by atoms with E-state index in [1.165, 1.54) is 0 Å². The molecule has 0 aromatic rings. The molecule has 6 atom stereocenters. The van der Waals surface area contributed by atoms with Gasteiger partial charge in [0, 0.05) is 0 Å². The van der Waals surface area contributed by atoms with E-state index in [0.717, 1.165) is 0 Å². The molecule has 6 unspecified atom stereocenters. The van der Waals surface area contributed by atoms with E-state index in [2.05, 4.69) is 4.74 Å². The Morgan fingerprint density at radius 2 is 1.14 bits per heavy atom. The summed E-state index contributed by atoms with van der Waals surface area (Å²) in [6, 6.07) is 0. The van der Waals surface area contributed by atoms with Gasteiger partial charge in [-0.25, -0.2) is 16.8 Å². The molecule has 0 aromatic heterocycles. The molecular formula is C9H8Li2O9S2. The van der Waals surface area contributed by atoms with E-state index in [1.54, 1.807) is 0 Å².